The van der Waals surface area contributed by atoms with Crippen molar-refractivity contribution >= 4 is 33.4 Å². The van der Waals surface area contributed by atoms with Crippen molar-refractivity contribution in [2.45, 2.75) is 6.04 Å². The van der Waals surface area contributed by atoms with Crippen molar-refractivity contribution in [3.8, 4) is 0 Å². The molecular weight excluding hydrogens is 312 g/mol. The molecule has 2 amide bonds. The van der Waals surface area contributed by atoms with E-state index in [1.165, 1.54) is 0 Å². The van der Waals surface area contributed by atoms with E-state index in [1.807, 2.05) is 4.90 Å². The molecule has 1 heterocycles. The Kier molecular flexibility index (Phi) is 4.06. The van der Waals surface area contributed by atoms with E-state index in [9.17, 15) is 9.59 Å². The lowest BCUT2D eigenvalue weighted by Crippen LogP contribution is -2.57. The van der Waals surface area contributed by atoms with Gasteiger partial charge in [-0.15, -0.1) is 0 Å². The zero-order valence-corrected chi connectivity index (χ0v) is 11.8. The molecule has 1 aromatic rings. The Morgan fingerprint density at radius 2 is 2.11 bits per heavy atom. The smallest absolute Gasteiger partial charge is 0.248 e. The van der Waals surface area contributed by atoms with Crippen LogP contribution in [0.4, 0.5) is 5.69 Å². The predicted octanol–water partition coefficient (Wildman–Crippen LogP) is -0.188. The average Bonchev–Trinajstić information content (AvgIpc) is 2.38. The summed E-state index contributed by atoms with van der Waals surface area (Å²) in [7, 11) is 0. The number of rotatable bonds is 3. The van der Waals surface area contributed by atoms with Crippen molar-refractivity contribution in [3.63, 3.8) is 0 Å². The summed E-state index contributed by atoms with van der Waals surface area (Å²) in [6.07, 6.45) is 0. The minimum atomic E-state index is -0.487. The Bertz CT molecular complexity index is 520. The van der Waals surface area contributed by atoms with Gasteiger partial charge in [-0.25, -0.2) is 0 Å². The molecule has 1 aliphatic heterocycles. The summed E-state index contributed by atoms with van der Waals surface area (Å²) in [5.74, 6) is -0.864. The molecule has 0 radical (unpaired) electrons. The average molecular weight is 327 g/mol. The van der Waals surface area contributed by atoms with Crippen LogP contribution in [0.25, 0.3) is 0 Å². The van der Waals surface area contributed by atoms with Crippen molar-refractivity contribution in [3.05, 3.63) is 28.2 Å². The van der Waals surface area contributed by atoms with E-state index < -0.39 is 11.9 Å². The highest BCUT2D eigenvalue weighted by Crippen LogP contribution is 2.29. The lowest BCUT2D eigenvalue weighted by molar-refractivity contribution is -0.119. The first-order valence-corrected chi connectivity index (χ1v) is 6.66. The van der Waals surface area contributed by atoms with E-state index in [4.69, 9.17) is 11.5 Å². The standard InChI is InChI=1S/C12H15BrN4O2/c13-8-5-7(11(14)18)1-2-9(8)17-4-3-16-6-10(17)12(15)19/h1-2,5,10,16H,3-4,6H2,(H2,14,18)(H2,15,19). The molecule has 0 aliphatic carbocycles. The second-order valence-electron chi connectivity index (χ2n) is 4.35. The second-order valence-corrected chi connectivity index (χ2v) is 5.20. The van der Waals surface area contributed by atoms with Crippen LogP contribution in [-0.2, 0) is 4.79 Å². The molecule has 1 atom stereocenters. The molecule has 0 saturated carbocycles. The Labute approximate surface area is 119 Å². The number of anilines is 1. The fourth-order valence-corrected chi connectivity index (χ4v) is 2.75. The van der Waals surface area contributed by atoms with Gasteiger partial charge in [-0.05, 0) is 34.1 Å². The number of primary amides is 2. The van der Waals surface area contributed by atoms with Gasteiger partial charge in [0.15, 0.2) is 0 Å². The molecule has 5 N–H and O–H groups in total. The maximum Gasteiger partial charge on any atom is 0.248 e. The number of piperazine rings is 1. The minimum absolute atomic E-state index is 0.377. The van der Waals surface area contributed by atoms with E-state index in [0.717, 1.165) is 16.7 Å². The van der Waals surface area contributed by atoms with Crippen molar-refractivity contribution in [2.24, 2.45) is 11.5 Å². The van der Waals surface area contributed by atoms with Crippen molar-refractivity contribution in [1.82, 2.24) is 5.32 Å². The third-order valence-electron chi connectivity index (χ3n) is 3.11. The summed E-state index contributed by atoms with van der Waals surface area (Å²) in [4.78, 5) is 24.5. The largest absolute Gasteiger partial charge is 0.368 e. The van der Waals surface area contributed by atoms with E-state index in [0.29, 0.717) is 18.7 Å². The van der Waals surface area contributed by atoms with E-state index in [-0.39, 0.29) is 5.91 Å². The van der Waals surface area contributed by atoms with Crippen molar-refractivity contribution in [2.75, 3.05) is 24.5 Å². The third-order valence-corrected chi connectivity index (χ3v) is 3.75. The van der Waals surface area contributed by atoms with Gasteiger partial charge in [0, 0.05) is 29.7 Å². The molecule has 1 fully saturated rings. The first-order chi connectivity index (χ1) is 9.00. The molecule has 0 spiro atoms. The fraction of sp³-hybridized carbons (Fsp3) is 0.333. The quantitative estimate of drug-likeness (QED) is 0.716. The van der Waals surface area contributed by atoms with Crippen molar-refractivity contribution in [1.29, 1.82) is 0 Å². The number of carbonyl (C=O) groups is 2. The first kappa shape index (κ1) is 13.8. The Morgan fingerprint density at radius 1 is 1.37 bits per heavy atom. The van der Waals surface area contributed by atoms with Gasteiger partial charge in [0.1, 0.15) is 6.04 Å². The van der Waals surface area contributed by atoms with Gasteiger partial charge in [0.25, 0.3) is 0 Å². The van der Waals surface area contributed by atoms with Crippen LogP contribution < -0.4 is 21.7 Å². The normalized spacial score (nSPS) is 19.2. The van der Waals surface area contributed by atoms with Crippen LogP contribution in [-0.4, -0.2) is 37.5 Å². The fourth-order valence-electron chi connectivity index (χ4n) is 2.14. The summed E-state index contributed by atoms with van der Waals surface area (Å²) in [5.41, 5.74) is 11.9. The molecule has 19 heavy (non-hydrogen) atoms. The summed E-state index contributed by atoms with van der Waals surface area (Å²) in [6.45, 7) is 1.95. The number of nitrogens with zero attached hydrogens (tertiary/aromatic N) is 1. The van der Waals surface area contributed by atoms with E-state index >= 15 is 0 Å². The maximum absolute atomic E-state index is 11.5. The Balaban J connectivity index is 2.34. The van der Waals surface area contributed by atoms with Gasteiger partial charge in [0.05, 0.1) is 5.69 Å². The van der Waals surface area contributed by atoms with Gasteiger partial charge < -0.3 is 21.7 Å². The van der Waals surface area contributed by atoms with Crippen LogP contribution in [0.2, 0.25) is 0 Å². The SMILES string of the molecule is NC(=O)c1ccc(N2CCNCC2C(N)=O)c(Br)c1. The molecule has 1 unspecified atom stereocenters. The van der Waals surface area contributed by atoms with Gasteiger partial charge in [0.2, 0.25) is 11.8 Å². The lowest BCUT2D eigenvalue weighted by Gasteiger charge is -2.36. The molecular formula is C12H15BrN4O2. The van der Waals surface area contributed by atoms with Crippen LogP contribution >= 0.6 is 15.9 Å². The predicted molar refractivity (Wildman–Crippen MR) is 75.9 cm³/mol. The number of amides is 2. The minimum Gasteiger partial charge on any atom is -0.368 e. The van der Waals surface area contributed by atoms with E-state index in [1.54, 1.807) is 18.2 Å². The topological polar surface area (TPSA) is 101 Å². The molecule has 2 rings (SSSR count). The highest BCUT2D eigenvalue weighted by atomic mass is 79.9. The van der Waals surface area contributed by atoms with Crippen LogP contribution in [0.1, 0.15) is 10.4 Å². The molecule has 6 nitrogen and oxygen atoms in total. The van der Waals surface area contributed by atoms with Crippen molar-refractivity contribution < 1.29 is 9.59 Å². The number of nitrogens with two attached hydrogens (primary N) is 2. The zero-order chi connectivity index (χ0) is 14.0. The number of benzene rings is 1. The monoisotopic (exact) mass is 326 g/mol. The molecule has 0 aromatic heterocycles. The highest BCUT2D eigenvalue weighted by molar-refractivity contribution is 9.10. The molecule has 7 heteroatoms. The summed E-state index contributed by atoms with van der Waals surface area (Å²) < 4.78 is 0.719. The lowest BCUT2D eigenvalue weighted by atomic mass is 10.1. The van der Waals surface area contributed by atoms with Crippen LogP contribution in [0.15, 0.2) is 22.7 Å². The summed E-state index contributed by atoms with van der Waals surface area (Å²) in [6, 6.07) is 4.66. The highest BCUT2D eigenvalue weighted by Gasteiger charge is 2.28. The zero-order valence-electron chi connectivity index (χ0n) is 10.2. The number of nitrogens with one attached hydrogen (secondary N) is 1. The van der Waals surface area contributed by atoms with Crippen LogP contribution in [0.3, 0.4) is 0 Å². The molecule has 102 valence electrons. The molecule has 0 bridgehead atoms. The first-order valence-electron chi connectivity index (χ1n) is 5.86. The van der Waals surface area contributed by atoms with Gasteiger partial charge in [-0.2, -0.15) is 0 Å². The van der Waals surface area contributed by atoms with Gasteiger partial charge >= 0.3 is 0 Å². The van der Waals surface area contributed by atoms with Gasteiger partial charge in [-0.1, -0.05) is 0 Å². The summed E-state index contributed by atoms with van der Waals surface area (Å²) in [5, 5.41) is 3.13. The third kappa shape index (κ3) is 2.87. The number of carbonyl (C=O) groups excluding carboxylic acids is 2. The van der Waals surface area contributed by atoms with Gasteiger partial charge in [-0.3, -0.25) is 9.59 Å². The molecule has 1 aromatic carbocycles. The molecule has 1 aliphatic rings. The second kappa shape index (κ2) is 5.58. The summed E-state index contributed by atoms with van der Waals surface area (Å²) >= 11 is 3.41. The molecule has 1 saturated heterocycles. The van der Waals surface area contributed by atoms with Crippen LogP contribution in [0, 0.1) is 0 Å². The van der Waals surface area contributed by atoms with E-state index in [2.05, 4.69) is 21.2 Å². The number of halogens is 1. The number of hydrogen-bond acceptors (Lipinski definition) is 4. The van der Waals surface area contributed by atoms with Crippen LogP contribution in [0.5, 0.6) is 0 Å². The number of hydrogen-bond donors (Lipinski definition) is 3. The Hall–Kier alpha value is -1.60. The maximum atomic E-state index is 11.5. The Morgan fingerprint density at radius 3 is 2.68 bits per heavy atom.